The van der Waals surface area contributed by atoms with E-state index < -0.39 is 6.04 Å². The smallest absolute Gasteiger partial charge is 0.237 e. The molecule has 0 spiro atoms. The number of ether oxygens (including phenoxy) is 1. The van der Waals surface area contributed by atoms with E-state index in [0.717, 1.165) is 16.9 Å². The van der Waals surface area contributed by atoms with Crippen molar-refractivity contribution >= 4 is 18.3 Å². The van der Waals surface area contributed by atoms with Crippen molar-refractivity contribution < 1.29 is 9.53 Å². The third kappa shape index (κ3) is 7.59. The van der Waals surface area contributed by atoms with Gasteiger partial charge in [0.15, 0.2) is 0 Å². The molecule has 0 aliphatic rings. The quantitative estimate of drug-likeness (QED) is 0.757. The Hall–Kier alpha value is -2.04. The number of carbonyl (C=O) groups excluding carboxylic acids is 1. The lowest BCUT2D eigenvalue weighted by atomic mass is 10.1. The van der Waals surface area contributed by atoms with E-state index in [1.54, 1.807) is 0 Å². The number of nitrogens with one attached hydrogen (secondary N) is 1. The van der Waals surface area contributed by atoms with Crippen LogP contribution < -0.4 is 15.8 Å². The first kappa shape index (κ1) is 21.0. The molecule has 2 rings (SSSR count). The van der Waals surface area contributed by atoms with Crippen molar-refractivity contribution in [1.82, 2.24) is 5.32 Å². The molecule has 0 aliphatic heterocycles. The molecule has 0 aromatic heterocycles. The summed E-state index contributed by atoms with van der Waals surface area (Å²) in [5, 5.41) is 2.89. The van der Waals surface area contributed by atoms with Crippen LogP contribution in [0.15, 0.2) is 54.6 Å². The fourth-order valence-electron chi connectivity index (χ4n) is 2.29. The van der Waals surface area contributed by atoms with Crippen molar-refractivity contribution in [3.8, 4) is 5.75 Å². The zero-order valence-electron chi connectivity index (χ0n) is 14.8. The van der Waals surface area contributed by atoms with Crippen LogP contribution in [0.1, 0.15) is 25.0 Å². The zero-order chi connectivity index (χ0) is 17.4. The van der Waals surface area contributed by atoms with Crippen LogP contribution in [-0.2, 0) is 17.8 Å². The molecule has 5 heteroatoms. The molecular weight excluding hydrogens is 336 g/mol. The minimum atomic E-state index is -0.548. The summed E-state index contributed by atoms with van der Waals surface area (Å²) >= 11 is 0. The molecule has 0 aliphatic carbocycles. The SMILES string of the molecule is CC(C)COc1cccc(CNC(=O)[C@@H](N)Cc2ccccc2)c1.Cl. The lowest BCUT2D eigenvalue weighted by Gasteiger charge is -2.13. The molecule has 0 saturated carbocycles. The monoisotopic (exact) mass is 362 g/mol. The van der Waals surface area contributed by atoms with Gasteiger partial charge in [0.2, 0.25) is 5.91 Å². The van der Waals surface area contributed by atoms with Crippen LogP contribution in [0.4, 0.5) is 0 Å². The van der Waals surface area contributed by atoms with Gasteiger partial charge in [-0.1, -0.05) is 56.3 Å². The standard InChI is InChI=1S/C20H26N2O2.ClH/c1-15(2)14-24-18-10-6-9-17(11-18)13-22-20(23)19(21)12-16-7-4-3-5-8-16;/h3-11,15,19H,12-14,21H2,1-2H3,(H,22,23);1H/t19-;/m0./s1. The van der Waals surface area contributed by atoms with Gasteiger partial charge in [-0.15, -0.1) is 12.4 Å². The van der Waals surface area contributed by atoms with Crippen LogP contribution in [-0.4, -0.2) is 18.6 Å². The normalized spacial score (nSPS) is 11.5. The number of benzene rings is 2. The van der Waals surface area contributed by atoms with E-state index in [0.29, 0.717) is 25.5 Å². The first-order valence-corrected chi connectivity index (χ1v) is 8.33. The average Bonchev–Trinajstić information content (AvgIpc) is 2.59. The van der Waals surface area contributed by atoms with Crippen LogP contribution in [0, 0.1) is 5.92 Å². The van der Waals surface area contributed by atoms with Crippen molar-refractivity contribution in [3.63, 3.8) is 0 Å². The van der Waals surface area contributed by atoms with Gasteiger partial charge in [-0.05, 0) is 35.6 Å². The molecule has 3 N–H and O–H groups in total. The topological polar surface area (TPSA) is 64.3 Å². The van der Waals surface area contributed by atoms with Gasteiger partial charge in [-0.25, -0.2) is 0 Å². The van der Waals surface area contributed by atoms with E-state index in [1.807, 2.05) is 54.6 Å². The molecular formula is C20H27ClN2O2. The van der Waals surface area contributed by atoms with E-state index in [4.69, 9.17) is 10.5 Å². The van der Waals surface area contributed by atoms with Crippen molar-refractivity contribution in [2.24, 2.45) is 11.7 Å². The maximum Gasteiger partial charge on any atom is 0.237 e. The molecule has 136 valence electrons. The highest BCUT2D eigenvalue weighted by Gasteiger charge is 2.13. The van der Waals surface area contributed by atoms with Crippen molar-refractivity contribution in [1.29, 1.82) is 0 Å². The number of rotatable bonds is 8. The second kappa shape index (κ2) is 10.7. The summed E-state index contributed by atoms with van der Waals surface area (Å²) < 4.78 is 5.70. The number of hydrogen-bond acceptors (Lipinski definition) is 3. The summed E-state index contributed by atoms with van der Waals surface area (Å²) in [6.07, 6.45) is 0.532. The summed E-state index contributed by atoms with van der Waals surface area (Å²) in [7, 11) is 0. The Labute approximate surface area is 156 Å². The van der Waals surface area contributed by atoms with Gasteiger partial charge >= 0.3 is 0 Å². The Morgan fingerprint density at radius 1 is 1.08 bits per heavy atom. The lowest BCUT2D eigenvalue weighted by molar-refractivity contribution is -0.122. The summed E-state index contributed by atoms with van der Waals surface area (Å²) in [4.78, 5) is 12.2. The van der Waals surface area contributed by atoms with E-state index in [9.17, 15) is 4.79 Å². The highest BCUT2D eigenvalue weighted by Crippen LogP contribution is 2.14. The van der Waals surface area contributed by atoms with Crippen LogP contribution in [0.5, 0.6) is 5.75 Å². The summed E-state index contributed by atoms with van der Waals surface area (Å²) in [5.74, 6) is 1.15. The molecule has 0 bridgehead atoms. The molecule has 2 aromatic rings. The van der Waals surface area contributed by atoms with Gasteiger partial charge in [0.25, 0.3) is 0 Å². The largest absolute Gasteiger partial charge is 0.493 e. The maximum atomic E-state index is 12.2. The van der Waals surface area contributed by atoms with E-state index >= 15 is 0 Å². The predicted octanol–water partition coefficient (Wildman–Crippen LogP) is 3.33. The van der Waals surface area contributed by atoms with Gasteiger partial charge in [0.05, 0.1) is 12.6 Å². The summed E-state index contributed by atoms with van der Waals surface area (Å²) in [6, 6.07) is 17.0. The molecule has 2 aromatic carbocycles. The van der Waals surface area contributed by atoms with Crippen LogP contribution in [0.25, 0.3) is 0 Å². The number of amides is 1. The second-order valence-electron chi connectivity index (χ2n) is 6.37. The van der Waals surface area contributed by atoms with Crippen molar-refractivity contribution in [2.75, 3.05) is 6.61 Å². The molecule has 0 fully saturated rings. The van der Waals surface area contributed by atoms with Gasteiger partial charge in [0.1, 0.15) is 5.75 Å². The average molecular weight is 363 g/mol. The number of nitrogens with two attached hydrogens (primary N) is 1. The molecule has 1 atom stereocenters. The third-order valence-corrected chi connectivity index (χ3v) is 3.58. The fraction of sp³-hybridized carbons (Fsp3) is 0.350. The third-order valence-electron chi connectivity index (χ3n) is 3.58. The number of halogens is 1. The van der Waals surface area contributed by atoms with Crippen LogP contribution in [0.2, 0.25) is 0 Å². The first-order valence-electron chi connectivity index (χ1n) is 8.33. The van der Waals surface area contributed by atoms with Gasteiger partial charge < -0.3 is 15.8 Å². The molecule has 1 amide bonds. The molecule has 0 heterocycles. The second-order valence-corrected chi connectivity index (χ2v) is 6.37. The first-order chi connectivity index (χ1) is 11.5. The van der Waals surface area contributed by atoms with Gasteiger partial charge in [-0.3, -0.25) is 4.79 Å². The molecule has 0 radical (unpaired) electrons. The Bertz CT molecular complexity index is 647. The minimum Gasteiger partial charge on any atom is -0.493 e. The Balaban J connectivity index is 0.00000312. The van der Waals surface area contributed by atoms with Gasteiger partial charge in [0, 0.05) is 6.54 Å². The number of hydrogen-bond donors (Lipinski definition) is 2. The summed E-state index contributed by atoms with van der Waals surface area (Å²) in [5.41, 5.74) is 8.04. The van der Waals surface area contributed by atoms with E-state index in [2.05, 4.69) is 19.2 Å². The lowest BCUT2D eigenvalue weighted by Crippen LogP contribution is -2.41. The van der Waals surface area contributed by atoms with Crippen molar-refractivity contribution in [3.05, 3.63) is 65.7 Å². The van der Waals surface area contributed by atoms with Gasteiger partial charge in [-0.2, -0.15) is 0 Å². The Kier molecular flexibility index (Phi) is 9.03. The zero-order valence-corrected chi connectivity index (χ0v) is 15.6. The van der Waals surface area contributed by atoms with Crippen molar-refractivity contribution in [2.45, 2.75) is 32.9 Å². The molecule has 0 unspecified atom stereocenters. The maximum absolute atomic E-state index is 12.2. The van der Waals surface area contributed by atoms with E-state index in [-0.39, 0.29) is 18.3 Å². The molecule has 0 saturated heterocycles. The highest BCUT2D eigenvalue weighted by molar-refractivity contribution is 5.85. The van der Waals surface area contributed by atoms with Crippen LogP contribution >= 0.6 is 12.4 Å². The van der Waals surface area contributed by atoms with Crippen LogP contribution in [0.3, 0.4) is 0 Å². The summed E-state index contributed by atoms with van der Waals surface area (Å²) in [6.45, 7) is 5.34. The number of carbonyl (C=O) groups is 1. The Morgan fingerprint density at radius 2 is 1.76 bits per heavy atom. The molecule has 25 heavy (non-hydrogen) atoms. The van der Waals surface area contributed by atoms with E-state index in [1.165, 1.54) is 0 Å². The highest BCUT2D eigenvalue weighted by atomic mass is 35.5. The molecule has 4 nitrogen and oxygen atoms in total. The minimum absolute atomic E-state index is 0. The Morgan fingerprint density at radius 3 is 2.44 bits per heavy atom. The predicted molar refractivity (Wildman–Crippen MR) is 104 cm³/mol. The fourth-order valence-corrected chi connectivity index (χ4v) is 2.29.